The number of benzene rings is 3. The molecule has 3 N–H and O–H groups in total. The number of hydrogen-bond acceptors (Lipinski definition) is 8. The molecule has 0 radical (unpaired) electrons. The van der Waals surface area contributed by atoms with Gasteiger partial charge in [0.1, 0.15) is 17.5 Å². The number of unbranched alkanes of at least 4 members (excludes halogenated alkanes) is 3. The van der Waals surface area contributed by atoms with Crippen molar-refractivity contribution in [3.63, 3.8) is 0 Å². The average Bonchev–Trinajstić information content (AvgIpc) is 3.68. The molecule has 228 valence electrons. The smallest absolute Gasteiger partial charge is 0.255 e. The number of methoxy groups -OCH3 is 1. The number of carbonyl (C=O) groups is 3. The number of hydroxylamine groups is 1. The summed E-state index contributed by atoms with van der Waals surface area (Å²) < 4.78 is 11.6. The first-order valence-electron chi connectivity index (χ1n) is 14.4. The summed E-state index contributed by atoms with van der Waals surface area (Å²) in [6.45, 7) is 0.828. The molecule has 0 spiro atoms. The minimum atomic E-state index is -0.825. The van der Waals surface area contributed by atoms with Gasteiger partial charge in [-0.3, -0.25) is 24.9 Å². The van der Waals surface area contributed by atoms with Gasteiger partial charge in [0, 0.05) is 41.7 Å². The van der Waals surface area contributed by atoms with Crippen LogP contribution in [0.15, 0.2) is 78.3 Å². The highest BCUT2D eigenvalue weighted by molar-refractivity contribution is 7.13. The Morgan fingerprint density at radius 3 is 2.59 bits per heavy atom. The quantitative estimate of drug-likeness (QED) is 0.0904. The maximum Gasteiger partial charge on any atom is 0.255 e. The fourth-order valence-corrected chi connectivity index (χ4v) is 5.79. The van der Waals surface area contributed by atoms with E-state index in [0.29, 0.717) is 53.8 Å². The number of nitrogens with zero attached hydrogens (tertiary/aromatic N) is 2. The van der Waals surface area contributed by atoms with E-state index >= 15 is 0 Å². The van der Waals surface area contributed by atoms with Crippen LogP contribution in [0.4, 0.5) is 5.13 Å². The van der Waals surface area contributed by atoms with Crippen molar-refractivity contribution in [1.82, 2.24) is 15.4 Å². The Bertz CT molecular complexity index is 1600. The average molecular weight is 615 g/mol. The molecule has 0 aliphatic carbocycles. The summed E-state index contributed by atoms with van der Waals surface area (Å²) in [6.07, 6.45) is 5.25. The molecule has 2 heterocycles. The molecule has 1 aromatic heterocycles. The van der Waals surface area contributed by atoms with E-state index in [2.05, 4.69) is 10.3 Å². The fraction of sp³-hybridized carbons (Fsp3) is 0.273. The van der Waals surface area contributed by atoms with E-state index < -0.39 is 6.04 Å². The molecule has 11 heteroatoms. The monoisotopic (exact) mass is 614 g/mol. The number of ether oxygens (including phenoxy) is 2. The molecule has 44 heavy (non-hydrogen) atoms. The molecule has 0 saturated carbocycles. The standard InChI is InChI=1S/C33H34N4O6S/c1-42-28-20-25(43-17-8-3-2-7-11-29(38)36-41)14-15-26(28)23-12-13-24-21-37(32(40)27(24)19-23)30(22-9-5-4-6-10-22)31(39)35-33-34-16-18-44-33/h4-6,9-10,12-16,18-20,30,41H,2-3,7-8,11,17,21H2,1H3,(H,36,38)(H,34,35,39). The molecular weight excluding hydrogens is 580 g/mol. The second-order valence-electron chi connectivity index (χ2n) is 10.4. The zero-order valence-electron chi connectivity index (χ0n) is 24.3. The molecule has 5 rings (SSSR count). The lowest BCUT2D eigenvalue weighted by atomic mass is 9.99. The predicted octanol–water partition coefficient (Wildman–Crippen LogP) is 5.99. The minimum absolute atomic E-state index is 0.221. The van der Waals surface area contributed by atoms with Crippen LogP contribution in [0, 0.1) is 0 Å². The Labute approximate surface area is 259 Å². The van der Waals surface area contributed by atoms with Crippen molar-refractivity contribution in [2.45, 2.75) is 44.7 Å². The minimum Gasteiger partial charge on any atom is -0.496 e. The van der Waals surface area contributed by atoms with Crippen LogP contribution in [0.2, 0.25) is 0 Å². The zero-order chi connectivity index (χ0) is 30.9. The highest BCUT2D eigenvalue weighted by Crippen LogP contribution is 2.38. The zero-order valence-corrected chi connectivity index (χ0v) is 25.1. The molecule has 1 aliphatic heterocycles. The van der Waals surface area contributed by atoms with Crippen molar-refractivity contribution >= 4 is 34.2 Å². The van der Waals surface area contributed by atoms with Gasteiger partial charge >= 0.3 is 0 Å². The number of rotatable bonds is 14. The SMILES string of the molecule is COc1cc(OCCCCCCC(=O)NO)ccc1-c1ccc2c(c1)C(=O)N(C(C(=O)Nc1nccs1)c1ccccc1)C2. The summed E-state index contributed by atoms with van der Waals surface area (Å²) in [6, 6.07) is 19.8. The number of nitrogens with one attached hydrogen (secondary N) is 2. The molecule has 3 aromatic carbocycles. The number of hydrogen-bond donors (Lipinski definition) is 3. The first-order valence-corrected chi connectivity index (χ1v) is 15.3. The van der Waals surface area contributed by atoms with Crippen molar-refractivity contribution in [2.24, 2.45) is 0 Å². The molecule has 10 nitrogen and oxygen atoms in total. The molecule has 0 saturated heterocycles. The van der Waals surface area contributed by atoms with E-state index in [-0.39, 0.29) is 17.7 Å². The van der Waals surface area contributed by atoms with Crippen molar-refractivity contribution < 1.29 is 29.1 Å². The highest BCUT2D eigenvalue weighted by Gasteiger charge is 2.38. The Hall–Kier alpha value is -4.74. The Morgan fingerprint density at radius 1 is 1.02 bits per heavy atom. The molecule has 1 aliphatic rings. The van der Waals surface area contributed by atoms with Crippen LogP contribution in [0.1, 0.15) is 59.6 Å². The van der Waals surface area contributed by atoms with Crippen molar-refractivity contribution in [3.05, 3.63) is 95.0 Å². The van der Waals surface area contributed by atoms with Crippen LogP contribution in [0.3, 0.4) is 0 Å². The first-order chi connectivity index (χ1) is 21.5. The molecule has 0 bridgehead atoms. The second-order valence-corrected chi connectivity index (χ2v) is 11.2. The molecule has 4 aromatic rings. The maximum absolute atomic E-state index is 13.8. The van der Waals surface area contributed by atoms with Crippen LogP contribution in [-0.4, -0.2) is 46.5 Å². The van der Waals surface area contributed by atoms with E-state index in [0.717, 1.165) is 36.0 Å². The summed E-state index contributed by atoms with van der Waals surface area (Å²) in [5.74, 6) is 0.375. The number of carbonyl (C=O) groups excluding carboxylic acids is 3. The number of anilines is 1. The third-order valence-electron chi connectivity index (χ3n) is 7.46. The van der Waals surface area contributed by atoms with Crippen molar-refractivity contribution in [1.29, 1.82) is 0 Å². The van der Waals surface area contributed by atoms with Gasteiger partial charge in [0.15, 0.2) is 5.13 Å². The number of amides is 3. The van der Waals surface area contributed by atoms with Gasteiger partial charge in [-0.05, 0) is 47.7 Å². The second kappa shape index (κ2) is 14.6. The molecule has 1 atom stereocenters. The van der Waals surface area contributed by atoms with Crippen LogP contribution in [-0.2, 0) is 16.1 Å². The topological polar surface area (TPSA) is 130 Å². The van der Waals surface area contributed by atoms with Gasteiger partial charge in [0.25, 0.3) is 11.8 Å². The van der Waals surface area contributed by atoms with Crippen LogP contribution < -0.4 is 20.3 Å². The van der Waals surface area contributed by atoms with E-state index in [4.69, 9.17) is 14.7 Å². The van der Waals surface area contributed by atoms with Crippen molar-refractivity contribution in [3.8, 4) is 22.6 Å². The molecule has 1 unspecified atom stereocenters. The number of fused-ring (bicyclic) bond motifs is 1. The van der Waals surface area contributed by atoms with Gasteiger partial charge in [-0.1, -0.05) is 55.3 Å². The van der Waals surface area contributed by atoms with E-state index in [1.54, 1.807) is 29.1 Å². The Kier molecular flexibility index (Phi) is 10.2. The summed E-state index contributed by atoms with van der Waals surface area (Å²) in [4.78, 5) is 44.2. The van der Waals surface area contributed by atoms with Gasteiger partial charge in [0.2, 0.25) is 5.91 Å². The van der Waals surface area contributed by atoms with Crippen molar-refractivity contribution in [2.75, 3.05) is 19.0 Å². The third kappa shape index (κ3) is 7.24. The molecule has 0 fully saturated rings. The lowest BCUT2D eigenvalue weighted by Crippen LogP contribution is -2.37. The van der Waals surface area contributed by atoms with E-state index in [1.165, 1.54) is 11.3 Å². The Morgan fingerprint density at radius 2 is 1.84 bits per heavy atom. The maximum atomic E-state index is 13.8. The Balaban J connectivity index is 1.28. The van der Waals surface area contributed by atoms with Gasteiger partial charge in [-0.2, -0.15) is 0 Å². The van der Waals surface area contributed by atoms with Crippen LogP contribution >= 0.6 is 11.3 Å². The highest BCUT2D eigenvalue weighted by atomic mass is 32.1. The van der Waals surface area contributed by atoms with Gasteiger partial charge in [0.05, 0.1) is 13.7 Å². The summed E-state index contributed by atoms with van der Waals surface area (Å²) in [7, 11) is 1.59. The van der Waals surface area contributed by atoms with Gasteiger partial charge in [-0.25, -0.2) is 10.5 Å². The van der Waals surface area contributed by atoms with E-state index in [1.807, 2.05) is 66.7 Å². The lowest BCUT2D eigenvalue weighted by Gasteiger charge is -2.27. The number of aromatic nitrogens is 1. The van der Waals surface area contributed by atoms with Gasteiger partial charge < -0.3 is 14.4 Å². The predicted molar refractivity (Wildman–Crippen MR) is 167 cm³/mol. The first kappa shape index (κ1) is 30.7. The fourth-order valence-electron chi connectivity index (χ4n) is 5.25. The van der Waals surface area contributed by atoms with Crippen LogP contribution in [0.25, 0.3) is 11.1 Å². The van der Waals surface area contributed by atoms with Gasteiger partial charge in [-0.15, -0.1) is 11.3 Å². The largest absolute Gasteiger partial charge is 0.496 e. The van der Waals surface area contributed by atoms with E-state index in [9.17, 15) is 14.4 Å². The molecular formula is C33H34N4O6S. The normalized spacial score (nSPS) is 12.9. The number of thiazole rings is 1. The summed E-state index contributed by atoms with van der Waals surface area (Å²) >= 11 is 1.32. The molecule has 3 amide bonds. The third-order valence-corrected chi connectivity index (χ3v) is 8.14. The van der Waals surface area contributed by atoms with Crippen LogP contribution in [0.5, 0.6) is 11.5 Å². The summed E-state index contributed by atoms with van der Waals surface area (Å²) in [5, 5.41) is 13.7. The summed E-state index contributed by atoms with van der Waals surface area (Å²) in [5.41, 5.74) is 5.38. The lowest BCUT2D eigenvalue weighted by molar-refractivity contribution is -0.129.